The zero-order valence-corrected chi connectivity index (χ0v) is 33.6. The molecule has 23 heteroatoms. The zero-order valence-electron chi connectivity index (χ0n) is 33.6. The number of ether oxygens (including phenoxy) is 7. The first-order valence-corrected chi connectivity index (χ1v) is 21.0. The number of carbonyl (C=O) groups excluding carboxylic acids is 2. The van der Waals surface area contributed by atoms with Crippen molar-refractivity contribution in [1.29, 1.82) is 0 Å². The molecular formula is C39H61O23+. The fourth-order valence-electron chi connectivity index (χ4n) is 9.49. The maximum absolute atomic E-state index is 12.6. The highest BCUT2D eigenvalue weighted by Crippen LogP contribution is 2.44. The van der Waals surface area contributed by atoms with Gasteiger partial charge in [0.05, 0.1) is 42.5 Å². The molecule has 0 amide bonds. The highest BCUT2D eigenvalue weighted by Gasteiger charge is 2.57. The van der Waals surface area contributed by atoms with Gasteiger partial charge in [0.1, 0.15) is 80.7 Å². The maximum Gasteiger partial charge on any atom is 0.330 e. The minimum Gasteiger partial charge on any atom is -0.481 e. The summed E-state index contributed by atoms with van der Waals surface area (Å²) in [5, 5.41) is 136. The normalized spacial score (nSPS) is 47.6. The summed E-state index contributed by atoms with van der Waals surface area (Å²) in [5.41, 5.74) is 0. The number of fused-ring (bicyclic) bond motifs is 1. The predicted octanol–water partition coefficient (Wildman–Crippen LogP) is -6.06. The molecule has 62 heavy (non-hydrogen) atoms. The van der Waals surface area contributed by atoms with E-state index in [4.69, 9.17) is 38.3 Å². The third kappa shape index (κ3) is 11.6. The number of carboxylic acids is 1. The summed E-state index contributed by atoms with van der Waals surface area (Å²) in [5.74, 6) is -4.99. The number of aliphatic hydroxyl groups is 14. The molecule has 6 fully saturated rings. The molecule has 0 spiro atoms. The van der Waals surface area contributed by atoms with Crippen LogP contribution in [-0.4, -0.2) is 225 Å². The molecule has 0 bridgehead atoms. The third-order valence-corrected chi connectivity index (χ3v) is 13.0. The molecule has 6 rings (SSSR count). The number of hydrogen-bond acceptors (Lipinski definition) is 21. The SMILES string of the molecule is O=C(O)CC(=O)OC[C@@H]1O[C@H](OC2CC(O)CC3[OH+]C(C4CC(O)C(O)C(O)C4)C(O[C@H]4O[C@@H](COC(=O)C=CC5CCC(O)C(O)C5)[C@H](O)[C@H](O)[C@@H]4O)CC23)[C@@H](O)[C@@H](O)[C@H]1O. The molecule has 0 aromatic carbocycles. The molecule has 3 aliphatic carbocycles. The van der Waals surface area contributed by atoms with Crippen molar-refractivity contribution in [3.05, 3.63) is 12.2 Å². The van der Waals surface area contributed by atoms with Crippen LogP contribution >= 0.6 is 0 Å². The summed E-state index contributed by atoms with van der Waals surface area (Å²) < 4.78 is 39.2. The van der Waals surface area contributed by atoms with Gasteiger partial charge < -0.3 is 99.5 Å². The molecule has 0 radical (unpaired) electrons. The highest BCUT2D eigenvalue weighted by molar-refractivity contribution is 5.90. The Kier molecular flexibility index (Phi) is 16.7. The van der Waals surface area contributed by atoms with E-state index >= 15 is 0 Å². The van der Waals surface area contributed by atoms with Crippen molar-refractivity contribution in [2.75, 3.05) is 13.2 Å². The summed E-state index contributed by atoms with van der Waals surface area (Å²) in [6.45, 7) is -1.31. The lowest BCUT2D eigenvalue weighted by molar-refractivity contribution is -0.368. The first-order chi connectivity index (χ1) is 29.3. The van der Waals surface area contributed by atoms with Crippen LogP contribution in [0.1, 0.15) is 57.8 Å². The van der Waals surface area contributed by atoms with Crippen LogP contribution in [-0.2, 0) is 42.8 Å². The summed E-state index contributed by atoms with van der Waals surface area (Å²) >= 11 is 0. The Labute approximate surface area is 354 Å². The standard InChI is InChI=1S/C39H60O23/c40-16-8-22-17(23(9-16)59-38-35(54)33(52)32(51)26(61-38)13-57-29(48)11-27(45)46)10-24(37(58-22)15-6-20(43)30(49)21(44)7-15)60-39-36(55)34(53)31(50)25(62-39)12-56-28(47)4-2-14-1-3-18(41)19(42)5-14/h2,4,14-26,30-44,49-55H,1,3,5-13H2,(H,45,46)/p+1/t14?,15?,16?,17?,18?,19?,20?,21?,22?,23?,24?,25-,26-,30?,31-,32-,33-,34-,35-,36-,37?,38-,39-/m0/s1. The van der Waals surface area contributed by atoms with Gasteiger partial charge in [0.25, 0.3) is 0 Å². The van der Waals surface area contributed by atoms with E-state index < -0.39 is 172 Å². The van der Waals surface area contributed by atoms with E-state index in [0.717, 1.165) is 6.08 Å². The quantitative estimate of drug-likeness (QED) is 0.0354. The fourth-order valence-corrected chi connectivity index (χ4v) is 9.49. The van der Waals surface area contributed by atoms with Gasteiger partial charge in [-0.3, -0.25) is 9.59 Å². The van der Waals surface area contributed by atoms with E-state index in [2.05, 4.69) is 0 Å². The number of carboxylic acid groups (broad SMARTS) is 1. The predicted molar refractivity (Wildman–Crippen MR) is 200 cm³/mol. The van der Waals surface area contributed by atoms with Crippen LogP contribution in [0, 0.1) is 17.8 Å². The van der Waals surface area contributed by atoms with Crippen molar-refractivity contribution >= 4 is 17.9 Å². The summed E-state index contributed by atoms with van der Waals surface area (Å²) in [4.78, 5) is 35.4. The maximum atomic E-state index is 12.6. The van der Waals surface area contributed by atoms with Crippen molar-refractivity contribution in [3.8, 4) is 0 Å². The largest absolute Gasteiger partial charge is 0.481 e. The molecule has 3 heterocycles. The lowest BCUT2D eigenvalue weighted by Gasteiger charge is -2.50. The number of rotatable bonds is 13. The molecule has 0 aromatic heterocycles. The molecule has 354 valence electrons. The van der Waals surface area contributed by atoms with E-state index in [-0.39, 0.29) is 44.4 Å². The average Bonchev–Trinajstić information content (AvgIpc) is 3.22. The summed E-state index contributed by atoms with van der Waals surface area (Å²) in [6, 6.07) is 0. The molecule has 21 atom stereocenters. The van der Waals surface area contributed by atoms with Crippen molar-refractivity contribution in [2.24, 2.45) is 17.8 Å². The molecule has 23 nitrogen and oxygen atoms in total. The molecule has 6 aliphatic rings. The molecular weight excluding hydrogens is 836 g/mol. The smallest absolute Gasteiger partial charge is 0.330 e. The lowest BCUT2D eigenvalue weighted by atomic mass is 9.72. The Morgan fingerprint density at radius 2 is 1.18 bits per heavy atom. The molecule has 0 aromatic rings. The summed E-state index contributed by atoms with van der Waals surface area (Å²) in [7, 11) is 0. The van der Waals surface area contributed by atoms with E-state index in [1.54, 1.807) is 0 Å². The Hall–Kier alpha value is -2.53. The van der Waals surface area contributed by atoms with Crippen LogP contribution in [0.25, 0.3) is 0 Å². The van der Waals surface area contributed by atoms with Gasteiger partial charge in [0.15, 0.2) is 24.8 Å². The van der Waals surface area contributed by atoms with Crippen LogP contribution in [0.15, 0.2) is 12.2 Å². The van der Waals surface area contributed by atoms with Gasteiger partial charge in [-0.25, -0.2) is 4.79 Å². The molecule has 3 saturated heterocycles. The molecule has 11 unspecified atom stereocenters. The first kappa shape index (κ1) is 48.9. The number of aliphatic carboxylic acids is 1. The van der Waals surface area contributed by atoms with Gasteiger partial charge >= 0.3 is 17.9 Å². The van der Waals surface area contributed by atoms with Crippen molar-refractivity contribution in [1.82, 2.24) is 0 Å². The van der Waals surface area contributed by atoms with Crippen molar-refractivity contribution in [3.63, 3.8) is 0 Å². The van der Waals surface area contributed by atoms with Crippen LogP contribution in [0.4, 0.5) is 0 Å². The van der Waals surface area contributed by atoms with Crippen molar-refractivity contribution < 1.29 is 114 Å². The van der Waals surface area contributed by atoms with Gasteiger partial charge in [0.2, 0.25) is 0 Å². The first-order valence-electron chi connectivity index (χ1n) is 21.0. The molecule has 3 saturated carbocycles. The molecule has 14 N–H and O–H groups in total. The van der Waals surface area contributed by atoms with Gasteiger partial charge in [-0.15, -0.1) is 0 Å². The van der Waals surface area contributed by atoms with Crippen LogP contribution < -0.4 is 0 Å². The minimum absolute atomic E-state index is 0.00570. The minimum atomic E-state index is -1.88. The second kappa shape index (κ2) is 21.2. The average molecular weight is 898 g/mol. The highest BCUT2D eigenvalue weighted by atomic mass is 16.7. The number of carbonyl (C=O) groups is 3. The summed E-state index contributed by atoms with van der Waals surface area (Å²) in [6.07, 6.45) is -25.3. The van der Waals surface area contributed by atoms with E-state index in [1.807, 2.05) is 0 Å². The topological polar surface area (TPSA) is 382 Å². The lowest BCUT2D eigenvalue weighted by Crippen LogP contribution is -2.64. The van der Waals surface area contributed by atoms with Crippen LogP contribution in [0.3, 0.4) is 0 Å². The monoisotopic (exact) mass is 897 g/mol. The van der Waals surface area contributed by atoms with Crippen LogP contribution in [0.5, 0.6) is 0 Å². The second-order valence-corrected chi connectivity index (χ2v) is 17.4. The Bertz CT molecular complexity index is 1520. The molecule has 3 aliphatic heterocycles. The van der Waals surface area contributed by atoms with Gasteiger partial charge in [-0.2, -0.15) is 0 Å². The fraction of sp³-hybridized carbons (Fsp3) is 0.872. The Balaban J connectivity index is 1.17. The van der Waals surface area contributed by atoms with Gasteiger partial charge in [-0.1, -0.05) is 6.08 Å². The number of aliphatic hydroxyl groups excluding tert-OH is 12. The number of esters is 2. The third-order valence-electron chi connectivity index (χ3n) is 13.0. The van der Waals surface area contributed by atoms with E-state index in [1.165, 1.54) is 6.08 Å². The Morgan fingerprint density at radius 3 is 1.76 bits per heavy atom. The Morgan fingerprint density at radius 1 is 0.597 bits per heavy atom. The number of hydrogen-bond donors (Lipinski definition) is 13. The van der Waals surface area contributed by atoms with Crippen LogP contribution in [0.2, 0.25) is 0 Å². The van der Waals surface area contributed by atoms with Crippen molar-refractivity contribution in [2.45, 2.75) is 180 Å². The second-order valence-electron chi connectivity index (χ2n) is 17.4. The van der Waals surface area contributed by atoms with E-state index in [0.29, 0.717) is 12.8 Å². The van der Waals surface area contributed by atoms with Gasteiger partial charge in [0, 0.05) is 24.8 Å². The van der Waals surface area contributed by atoms with Gasteiger partial charge in [-0.05, 0) is 44.4 Å². The van der Waals surface area contributed by atoms with E-state index in [9.17, 15) is 75.7 Å². The zero-order chi connectivity index (χ0) is 45.2. The number of allylic oxidation sites excluding steroid dienone is 1.